The van der Waals surface area contributed by atoms with Gasteiger partial charge in [-0.25, -0.2) is 4.79 Å². The summed E-state index contributed by atoms with van der Waals surface area (Å²) in [5.74, 6) is -0.708. The van der Waals surface area contributed by atoms with Crippen molar-refractivity contribution < 1.29 is 23.8 Å². The molecule has 0 radical (unpaired) electrons. The predicted molar refractivity (Wildman–Crippen MR) is 111 cm³/mol. The Morgan fingerprint density at radius 1 is 1.26 bits per heavy atom. The van der Waals surface area contributed by atoms with E-state index in [0.717, 1.165) is 0 Å². The number of ketones is 1. The molecule has 2 aliphatic heterocycles. The first-order chi connectivity index (χ1) is 14.9. The van der Waals surface area contributed by atoms with Crippen molar-refractivity contribution in [1.82, 2.24) is 4.90 Å². The molecule has 0 saturated carbocycles. The van der Waals surface area contributed by atoms with E-state index in [1.807, 2.05) is 6.07 Å². The smallest absolute Gasteiger partial charge is 0.415 e. The summed E-state index contributed by atoms with van der Waals surface area (Å²) in [6, 6.07) is 4.99. The first-order valence-electron chi connectivity index (χ1n) is 9.78. The molecule has 1 atom stereocenters. The molecule has 2 N–H and O–H groups in total. The number of nitrogens with two attached hydrogens (primary N) is 1. The number of rotatable bonds is 2. The van der Waals surface area contributed by atoms with Gasteiger partial charge in [0.2, 0.25) is 5.88 Å². The van der Waals surface area contributed by atoms with Crippen molar-refractivity contribution in [2.45, 2.75) is 25.2 Å². The van der Waals surface area contributed by atoms with Crippen molar-refractivity contribution in [3.63, 3.8) is 0 Å². The topological polar surface area (TPSA) is 115 Å². The van der Waals surface area contributed by atoms with E-state index in [1.54, 1.807) is 0 Å². The van der Waals surface area contributed by atoms with Crippen molar-refractivity contribution in [3.05, 3.63) is 50.5 Å². The minimum Gasteiger partial charge on any atom is -0.444 e. The first kappa shape index (κ1) is 21.5. The maximum absolute atomic E-state index is 12.8. The largest absolute Gasteiger partial charge is 0.444 e. The van der Waals surface area contributed by atoms with Crippen molar-refractivity contribution in [3.8, 4) is 11.8 Å². The molecule has 4 rings (SSSR count). The van der Waals surface area contributed by atoms with Crippen LogP contribution in [0.1, 0.15) is 30.7 Å². The molecule has 31 heavy (non-hydrogen) atoms. The number of ether oxygens (including phenoxy) is 3. The maximum atomic E-state index is 12.8. The van der Waals surface area contributed by atoms with Crippen LogP contribution in [0.4, 0.5) is 4.79 Å². The molecular formula is C21H19Cl2N3O5. The highest BCUT2D eigenvalue weighted by atomic mass is 35.5. The number of halogens is 2. The quantitative estimate of drug-likeness (QED) is 0.711. The van der Waals surface area contributed by atoms with Crippen LogP contribution in [0, 0.1) is 11.3 Å². The summed E-state index contributed by atoms with van der Waals surface area (Å²) in [6.45, 7) is 1.55. The van der Waals surface area contributed by atoms with Gasteiger partial charge in [-0.2, -0.15) is 5.26 Å². The molecule has 1 fully saturated rings. The van der Waals surface area contributed by atoms with Crippen molar-refractivity contribution >= 4 is 35.1 Å². The highest BCUT2D eigenvalue weighted by Gasteiger charge is 2.40. The second-order valence-corrected chi connectivity index (χ2v) is 8.16. The molecule has 0 spiro atoms. The van der Waals surface area contributed by atoms with Gasteiger partial charge < -0.3 is 24.8 Å². The van der Waals surface area contributed by atoms with Crippen LogP contribution in [0.5, 0.6) is 5.75 Å². The van der Waals surface area contributed by atoms with E-state index in [1.165, 1.54) is 17.0 Å². The number of allylic oxidation sites excluding steroid dienone is 3. The van der Waals surface area contributed by atoms with Crippen molar-refractivity contribution in [2.75, 3.05) is 26.3 Å². The zero-order chi connectivity index (χ0) is 22.1. The Hall–Kier alpha value is -2.73. The summed E-state index contributed by atoms with van der Waals surface area (Å²) in [6.07, 6.45) is 0.831. The molecular weight excluding hydrogens is 445 g/mol. The Kier molecular flexibility index (Phi) is 6.10. The van der Waals surface area contributed by atoms with Gasteiger partial charge >= 0.3 is 6.09 Å². The van der Waals surface area contributed by atoms with Crippen LogP contribution < -0.4 is 10.5 Å². The molecule has 0 unspecified atom stereocenters. The third-order valence-corrected chi connectivity index (χ3v) is 5.91. The number of hydrogen-bond acceptors (Lipinski definition) is 7. The number of Topliss-reactive ketones (excluding diaryl/α,β-unsaturated/α-hetero) is 1. The van der Waals surface area contributed by atoms with E-state index in [9.17, 15) is 14.9 Å². The molecule has 2 heterocycles. The van der Waals surface area contributed by atoms with Crippen LogP contribution in [-0.2, 0) is 14.3 Å². The van der Waals surface area contributed by atoms with Gasteiger partial charge in [0, 0.05) is 42.1 Å². The number of benzene rings is 1. The van der Waals surface area contributed by atoms with Crippen LogP contribution in [0.2, 0.25) is 10.0 Å². The first-order valence-corrected chi connectivity index (χ1v) is 10.5. The Morgan fingerprint density at radius 3 is 2.71 bits per heavy atom. The van der Waals surface area contributed by atoms with Crippen LogP contribution >= 0.6 is 23.2 Å². The lowest BCUT2D eigenvalue weighted by Crippen LogP contribution is -2.42. The second-order valence-electron chi connectivity index (χ2n) is 7.31. The SMILES string of the molecule is N#CC1=C(N)OC2=C(C(=O)CCC2)[C@H]1c1cc(Cl)cc(Cl)c1OC(=O)N1CCOCC1. The minimum atomic E-state index is -0.898. The van der Waals surface area contributed by atoms with Gasteiger partial charge in [0.25, 0.3) is 0 Å². The summed E-state index contributed by atoms with van der Waals surface area (Å²) in [4.78, 5) is 27.1. The van der Waals surface area contributed by atoms with Gasteiger partial charge in [-0.15, -0.1) is 0 Å². The van der Waals surface area contributed by atoms with Gasteiger partial charge in [0.1, 0.15) is 17.4 Å². The van der Waals surface area contributed by atoms with Gasteiger partial charge in [-0.1, -0.05) is 23.2 Å². The second kappa shape index (κ2) is 8.79. The van der Waals surface area contributed by atoms with E-state index in [0.29, 0.717) is 62.5 Å². The highest BCUT2D eigenvalue weighted by molar-refractivity contribution is 6.35. The highest BCUT2D eigenvalue weighted by Crippen LogP contribution is 2.48. The summed E-state index contributed by atoms with van der Waals surface area (Å²) < 4.78 is 16.5. The predicted octanol–water partition coefficient (Wildman–Crippen LogP) is 3.64. The summed E-state index contributed by atoms with van der Waals surface area (Å²) in [5, 5.41) is 10.1. The number of nitrogens with zero attached hydrogens (tertiary/aromatic N) is 2. The van der Waals surface area contributed by atoms with Crippen LogP contribution in [0.25, 0.3) is 0 Å². The van der Waals surface area contributed by atoms with E-state index < -0.39 is 12.0 Å². The number of hydrogen-bond donors (Lipinski definition) is 1. The summed E-state index contributed by atoms with van der Waals surface area (Å²) >= 11 is 12.7. The fraction of sp³-hybridized carbons (Fsp3) is 0.381. The third-order valence-electron chi connectivity index (χ3n) is 5.41. The number of morpholine rings is 1. The summed E-state index contributed by atoms with van der Waals surface area (Å²) in [5.41, 5.74) is 6.67. The average Bonchev–Trinajstić information content (AvgIpc) is 2.75. The number of carbonyl (C=O) groups excluding carboxylic acids is 2. The van der Waals surface area contributed by atoms with E-state index in [2.05, 4.69) is 0 Å². The monoisotopic (exact) mass is 463 g/mol. The van der Waals surface area contributed by atoms with Crippen LogP contribution in [0.15, 0.2) is 34.9 Å². The van der Waals surface area contributed by atoms with Crippen LogP contribution in [0.3, 0.4) is 0 Å². The lowest BCUT2D eigenvalue weighted by molar-refractivity contribution is -0.116. The molecule has 10 heteroatoms. The molecule has 0 aromatic heterocycles. The molecule has 1 amide bonds. The van der Waals surface area contributed by atoms with Gasteiger partial charge in [0.05, 0.1) is 24.2 Å². The standard InChI is InChI=1S/C21H19Cl2N3O5/c22-11-8-12(19(14(23)9-11)31-21(28)26-4-6-29-7-5-26)17-13(10-24)20(25)30-16-3-1-2-15(27)18(16)17/h8-9,17H,1-7,25H2/t17-/m0/s1. The lowest BCUT2D eigenvalue weighted by atomic mass is 9.77. The molecule has 162 valence electrons. The summed E-state index contributed by atoms with van der Waals surface area (Å²) in [7, 11) is 0. The number of nitriles is 1. The molecule has 1 aromatic carbocycles. The average molecular weight is 464 g/mol. The lowest BCUT2D eigenvalue weighted by Gasteiger charge is -2.32. The van der Waals surface area contributed by atoms with Gasteiger partial charge in [-0.05, 0) is 18.6 Å². The number of amides is 1. The molecule has 1 saturated heterocycles. The molecule has 0 bridgehead atoms. The van der Waals surface area contributed by atoms with Crippen molar-refractivity contribution in [2.24, 2.45) is 5.73 Å². The van der Waals surface area contributed by atoms with E-state index in [4.69, 9.17) is 43.1 Å². The Balaban J connectivity index is 1.82. The fourth-order valence-corrected chi connectivity index (χ4v) is 4.52. The van der Waals surface area contributed by atoms with Gasteiger partial charge in [0.15, 0.2) is 11.5 Å². The Bertz CT molecular complexity index is 1050. The number of carbonyl (C=O) groups is 2. The molecule has 1 aliphatic carbocycles. The zero-order valence-corrected chi connectivity index (χ0v) is 18.0. The Labute approximate surface area is 188 Å². The normalized spacial score (nSPS) is 21.4. The van der Waals surface area contributed by atoms with Crippen LogP contribution in [-0.4, -0.2) is 43.1 Å². The zero-order valence-electron chi connectivity index (χ0n) is 16.5. The molecule has 3 aliphatic rings. The van der Waals surface area contributed by atoms with Crippen molar-refractivity contribution in [1.29, 1.82) is 5.26 Å². The molecule has 1 aromatic rings. The maximum Gasteiger partial charge on any atom is 0.415 e. The van der Waals surface area contributed by atoms with E-state index in [-0.39, 0.29) is 33.0 Å². The Morgan fingerprint density at radius 2 is 2.00 bits per heavy atom. The third kappa shape index (κ3) is 4.09. The van der Waals surface area contributed by atoms with Gasteiger partial charge in [-0.3, -0.25) is 4.79 Å². The molecule has 8 nitrogen and oxygen atoms in total. The van der Waals surface area contributed by atoms with E-state index >= 15 is 0 Å². The fourth-order valence-electron chi connectivity index (χ4n) is 3.97. The minimum absolute atomic E-state index is 0.0280.